The first kappa shape index (κ1) is 24.2. The van der Waals surface area contributed by atoms with Gasteiger partial charge in [-0.2, -0.15) is 0 Å². The third kappa shape index (κ3) is 4.21. The van der Waals surface area contributed by atoms with E-state index < -0.39 is 6.04 Å². The zero-order valence-electron chi connectivity index (χ0n) is 21.3. The van der Waals surface area contributed by atoms with Crippen LogP contribution in [0.1, 0.15) is 43.4 Å². The lowest BCUT2D eigenvalue weighted by Gasteiger charge is -2.37. The van der Waals surface area contributed by atoms with E-state index in [2.05, 4.69) is 6.92 Å². The number of hydrogen-bond donors (Lipinski definition) is 0. The van der Waals surface area contributed by atoms with Crippen LogP contribution < -0.4 is 14.2 Å². The van der Waals surface area contributed by atoms with Gasteiger partial charge in [-0.05, 0) is 67.0 Å². The number of benzene rings is 2. The monoisotopic (exact) mass is 491 g/mol. The van der Waals surface area contributed by atoms with E-state index in [0.717, 1.165) is 36.1 Å². The van der Waals surface area contributed by atoms with Gasteiger partial charge in [0.15, 0.2) is 23.0 Å². The third-order valence-electron chi connectivity index (χ3n) is 7.73. The molecular formula is C29H33NO6. The first-order valence-corrected chi connectivity index (χ1v) is 12.6. The van der Waals surface area contributed by atoms with Crippen LogP contribution in [0.25, 0.3) is 0 Å². The fourth-order valence-corrected chi connectivity index (χ4v) is 5.77. The summed E-state index contributed by atoms with van der Waals surface area (Å²) in [4.78, 5) is 29.4. The molecule has 0 saturated heterocycles. The Morgan fingerprint density at radius 2 is 1.69 bits per heavy atom. The summed E-state index contributed by atoms with van der Waals surface area (Å²) in [6.07, 6.45) is 3.01. The van der Waals surface area contributed by atoms with Crippen LogP contribution in [0.15, 0.2) is 53.8 Å². The van der Waals surface area contributed by atoms with Gasteiger partial charge in [0.05, 0.1) is 38.9 Å². The predicted molar refractivity (Wildman–Crippen MR) is 134 cm³/mol. The first-order chi connectivity index (χ1) is 17.4. The molecule has 3 aliphatic rings. The van der Waals surface area contributed by atoms with Gasteiger partial charge in [0.2, 0.25) is 0 Å². The highest BCUT2D eigenvalue weighted by Crippen LogP contribution is 2.48. The molecule has 0 radical (unpaired) electrons. The summed E-state index contributed by atoms with van der Waals surface area (Å²) in [6.45, 7) is 2.62. The van der Waals surface area contributed by atoms with E-state index in [1.165, 1.54) is 0 Å². The quantitative estimate of drug-likeness (QED) is 0.568. The number of amides is 1. The molecule has 2 heterocycles. The topological polar surface area (TPSA) is 74.3 Å². The van der Waals surface area contributed by atoms with E-state index in [4.69, 9.17) is 18.9 Å². The zero-order valence-corrected chi connectivity index (χ0v) is 21.3. The highest BCUT2D eigenvalue weighted by molar-refractivity contribution is 6.11. The summed E-state index contributed by atoms with van der Waals surface area (Å²) in [5, 5.41) is 0. The van der Waals surface area contributed by atoms with Gasteiger partial charge in [-0.1, -0.05) is 25.1 Å². The summed E-state index contributed by atoms with van der Waals surface area (Å²) < 4.78 is 22.5. The Kier molecular flexibility index (Phi) is 6.65. The van der Waals surface area contributed by atoms with Crippen LogP contribution in [-0.4, -0.2) is 50.6 Å². The van der Waals surface area contributed by atoms with Gasteiger partial charge in [-0.3, -0.25) is 9.59 Å². The van der Waals surface area contributed by atoms with Gasteiger partial charge in [0.25, 0.3) is 5.91 Å². The highest BCUT2D eigenvalue weighted by atomic mass is 16.5. The number of hydrogen-bond acceptors (Lipinski definition) is 6. The number of Topliss-reactive ketones (excluding diaryl/α,β-unsaturated/α-hetero) is 1. The molecule has 1 saturated carbocycles. The summed E-state index contributed by atoms with van der Waals surface area (Å²) in [5.41, 5.74) is 2.37. The first-order valence-electron chi connectivity index (χ1n) is 12.6. The molecule has 36 heavy (non-hydrogen) atoms. The molecule has 7 heteroatoms. The number of nitrogens with zero attached hydrogens (tertiary/aromatic N) is 1. The Balaban J connectivity index is 1.52. The van der Waals surface area contributed by atoms with E-state index in [1.807, 2.05) is 42.5 Å². The molecule has 190 valence electrons. The zero-order chi connectivity index (χ0) is 25.4. The minimum atomic E-state index is -0.531. The van der Waals surface area contributed by atoms with Crippen molar-refractivity contribution in [2.75, 3.05) is 27.9 Å². The highest BCUT2D eigenvalue weighted by Gasteiger charge is 2.52. The molecule has 5 rings (SSSR count). The maximum Gasteiger partial charge on any atom is 0.290 e. The average molecular weight is 492 g/mol. The number of ether oxygens (including phenoxy) is 4. The van der Waals surface area contributed by atoms with Gasteiger partial charge >= 0.3 is 0 Å². The third-order valence-corrected chi connectivity index (χ3v) is 7.73. The standard InChI is InChI=1S/C29H33NO6/c1-17-5-11-22-21(15-17)27(31)25-26(19-8-12-23(34-3)24(16-19)35-4)30(29(32)28(25)36-22)14-13-18-6-9-20(33-2)10-7-18/h6-10,12,16-17,21-22,26H,5,11,13-15H2,1-4H3. The molecule has 1 aliphatic carbocycles. The minimum absolute atomic E-state index is 0.0490. The van der Waals surface area contributed by atoms with E-state index >= 15 is 0 Å². The van der Waals surface area contributed by atoms with Gasteiger partial charge in [-0.25, -0.2) is 0 Å². The summed E-state index contributed by atoms with van der Waals surface area (Å²) in [5.74, 6) is 2.25. The molecule has 0 bridgehead atoms. The number of rotatable bonds is 7. The number of carbonyl (C=O) groups excluding carboxylic acids is 2. The minimum Gasteiger partial charge on any atom is -0.497 e. The van der Waals surface area contributed by atoms with E-state index in [1.54, 1.807) is 26.2 Å². The molecule has 4 atom stereocenters. The Labute approximate surface area is 212 Å². The number of carbonyl (C=O) groups is 2. The normalized spacial score (nSPS) is 25.3. The number of ketones is 1. The van der Waals surface area contributed by atoms with Gasteiger partial charge in [-0.15, -0.1) is 0 Å². The van der Waals surface area contributed by atoms with Gasteiger partial charge in [0, 0.05) is 6.54 Å². The van der Waals surface area contributed by atoms with Crippen LogP contribution in [0.4, 0.5) is 0 Å². The molecule has 1 fully saturated rings. The number of fused-ring (bicyclic) bond motifs is 1. The Morgan fingerprint density at radius 3 is 2.39 bits per heavy atom. The van der Waals surface area contributed by atoms with Crippen molar-refractivity contribution in [2.24, 2.45) is 11.8 Å². The largest absolute Gasteiger partial charge is 0.497 e. The van der Waals surface area contributed by atoms with Crippen molar-refractivity contribution in [3.05, 3.63) is 64.9 Å². The van der Waals surface area contributed by atoms with Crippen molar-refractivity contribution in [1.29, 1.82) is 0 Å². The lowest BCUT2D eigenvalue weighted by molar-refractivity contribution is -0.136. The molecule has 4 unspecified atom stereocenters. The van der Waals surface area contributed by atoms with Crippen LogP contribution in [-0.2, 0) is 20.7 Å². The molecule has 2 aromatic rings. The molecule has 2 aliphatic heterocycles. The smallest absolute Gasteiger partial charge is 0.290 e. The second kappa shape index (κ2) is 9.88. The van der Waals surface area contributed by atoms with Gasteiger partial charge in [0.1, 0.15) is 11.9 Å². The Bertz CT molecular complexity index is 1190. The lowest BCUT2D eigenvalue weighted by atomic mass is 9.74. The number of methoxy groups -OCH3 is 3. The van der Waals surface area contributed by atoms with E-state index in [-0.39, 0.29) is 29.5 Å². The lowest BCUT2D eigenvalue weighted by Crippen LogP contribution is -2.41. The van der Waals surface area contributed by atoms with Crippen molar-refractivity contribution in [3.63, 3.8) is 0 Å². The summed E-state index contributed by atoms with van der Waals surface area (Å²) in [6, 6.07) is 12.9. The molecule has 0 N–H and O–H groups in total. The van der Waals surface area contributed by atoms with Crippen LogP contribution in [0.2, 0.25) is 0 Å². The van der Waals surface area contributed by atoms with Crippen molar-refractivity contribution in [3.8, 4) is 17.2 Å². The molecule has 7 nitrogen and oxygen atoms in total. The average Bonchev–Trinajstić information content (AvgIpc) is 3.19. The predicted octanol–water partition coefficient (Wildman–Crippen LogP) is 4.50. The SMILES string of the molecule is COc1ccc(CCN2C(=O)C3=C(C(=O)C4CC(C)CCC4O3)C2c2ccc(OC)c(OC)c2)cc1. The fourth-order valence-electron chi connectivity index (χ4n) is 5.77. The molecule has 0 spiro atoms. The molecule has 2 aromatic carbocycles. The Hall–Kier alpha value is -3.48. The van der Waals surface area contributed by atoms with Crippen LogP contribution >= 0.6 is 0 Å². The summed E-state index contributed by atoms with van der Waals surface area (Å²) >= 11 is 0. The molecule has 1 amide bonds. The van der Waals surface area contributed by atoms with Crippen molar-refractivity contribution < 1.29 is 28.5 Å². The molecular weight excluding hydrogens is 458 g/mol. The second-order valence-electron chi connectivity index (χ2n) is 9.90. The van der Waals surface area contributed by atoms with E-state index in [0.29, 0.717) is 36.0 Å². The van der Waals surface area contributed by atoms with Crippen molar-refractivity contribution in [1.82, 2.24) is 4.90 Å². The second-order valence-corrected chi connectivity index (χ2v) is 9.90. The maximum absolute atomic E-state index is 13.9. The van der Waals surface area contributed by atoms with Crippen molar-refractivity contribution in [2.45, 2.75) is 44.8 Å². The van der Waals surface area contributed by atoms with Crippen LogP contribution in [0.5, 0.6) is 17.2 Å². The molecule has 0 aromatic heterocycles. The fraction of sp³-hybridized carbons (Fsp3) is 0.448. The van der Waals surface area contributed by atoms with Crippen molar-refractivity contribution >= 4 is 11.7 Å². The maximum atomic E-state index is 13.9. The Morgan fingerprint density at radius 1 is 0.944 bits per heavy atom. The summed E-state index contributed by atoms with van der Waals surface area (Å²) in [7, 11) is 4.80. The van der Waals surface area contributed by atoms with Crippen LogP contribution in [0.3, 0.4) is 0 Å². The van der Waals surface area contributed by atoms with Gasteiger partial charge < -0.3 is 23.8 Å². The van der Waals surface area contributed by atoms with E-state index in [9.17, 15) is 9.59 Å². The van der Waals surface area contributed by atoms with Crippen LogP contribution in [0, 0.1) is 11.8 Å².